The Morgan fingerprint density at radius 3 is 2.56 bits per heavy atom. The number of ether oxygens (including phenoxy) is 1. The Morgan fingerprint density at radius 1 is 1.20 bits per heavy atom. The average molecular weight is 407 g/mol. The molecule has 2 aliphatic rings. The molecular weight excluding hydrogens is 380 g/mol. The van der Waals surface area contributed by atoms with Gasteiger partial charge in [0, 0.05) is 42.8 Å². The highest BCUT2D eigenvalue weighted by molar-refractivity contribution is 9.10. The van der Waals surface area contributed by atoms with E-state index < -0.39 is 0 Å². The Hall–Kier alpha value is -1.17. The van der Waals surface area contributed by atoms with Gasteiger partial charge in [0.2, 0.25) is 0 Å². The minimum Gasteiger partial charge on any atom is -0.380 e. The lowest BCUT2D eigenvalue weighted by molar-refractivity contribution is -0.000530. The smallest absolute Gasteiger partial charge is 0.251 e. The summed E-state index contributed by atoms with van der Waals surface area (Å²) in [7, 11) is 1.82. The number of hydrogen-bond donors (Lipinski definition) is 1. The van der Waals surface area contributed by atoms with Crippen molar-refractivity contribution in [1.82, 2.24) is 10.2 Å². The zero-order valence-electron chi connectivity index (χ0n) is 14.8. The summed E-state index contributed by atoms with van der Waals surface area (Å²) in [6, 6.07) is 7.88. The number of hydrogen-bond acceptors (Lipinski definition) is 3. The average Bonchev–Trinajstić information content (AvgIpc) is 3.07. The highest BCUT2D eigenvalue weighted by Crippen LogP contribution is 2.30. The van der Waals surface area contributed by atoms with Crippen molar-refractivity contribution in [2.75, 3.05) is 26.7 Å². The van der Waals surface area contributed by atoms with Gasteiger partial charge in [0.1, 0.15) is 0 Å². The summed E-state index contributed by atoms with van der Waals surface area (Å²) in [5, 5.41) is 3.16. The number of nitrogens with zero attached hydrogens (tertiary/aromatic N) is 1. The van der Waals surface area contributed by atoms with E-state index in [0.29, 0.717) is 24.1 Å². The van der Waals surface area contributed by atoms with Gasteiger partial charge < -0.3 is 10.1 Å². The summed E-state index contributed by atoms with van der Waals surface area (Å²) in [5.74, 6) is 0.427. The van der Waals surface area contributed by atoms with Crippen molar-refractivity contribution in [1.29, 1.82) is 0 Å². The second-order valence-corrected chi connectivity index (χ2v) is 7.87. The van der Waals surface area contributed by atoms with Crippen molar-refractivity contribution in [2.24, 2.45) is 5.92 Å². The molecular formula is C20H27BrN2O2. The van der Waals surface area contributed by atoms with E-state index in [1.165, 1.54) is 12.8 Å². The molecule has 3 atom stereocenters. The second-order valence-electron chi connectivity index (χ2n) is 6.95. The lowest BCUT2D eigenvalue weighted by Gasteiger charge is -2.38. The molecule has 25 heavy (non-hydrogen) atoms. The molecule has 1 N–H and O–H groups in total. The molecule has 1 aliphatic carbocycles. The number of carbonyl (C=O) groups excluding carboxylic acids is 1. The van der Waals surface area contributed by atoms with Gasteiger partial charge in [-0.15, -0.1) is 0 Å². The van der Waals surface area contributed by atoms with E-state index in [4.69, 9.17) is 4.74 Å². The summed E-state index contributed by atoms with van der Waals surface area (Å²) in [6.45, 7) is 2.68. The zero-order valence-corrected chi connectivity index (χ0v) is 16.4. The lowest BCUT2D eigenvalue weighted by atomic mass is 9.91. The molecule has 1 heterocycles. The van der Waals surface area contributed by atoms with Crippen LogP contribution in [0.2, 0.25) is 0 Å². The van der Waals surface area contributed by atoms with E-state index in [1.54, 1.807) is 0 Å². The largest absolute Gasteiger partial charge is 0.380 e. The molecule has 0 saturated heterocycles. The molecule has 1 fully saturated rings. The van der Waals surface area contributed by atoms with Crippen LogP contribution in [-0.4, -0.2) is 49.7 Å². The fourth-order valence-electron chi connectivity index (χ4n) is 4.08. The first-order valence-corrected chi connectivity index (χ1v) is 9.94. The maximum absolute atomic E-state index is 12.5. The van der Waals surface area contributed by atoms with Gasteiger partial charge in [-0.2, -0.15) is 0 Å². The number of nitrogens with one attached hydrogen (secondary N) is 1. The first-order valence-electron chi connectivity index (χ1n) is 9.14. The molecule has 1 aromatic carbocycles. The van der Waals surface area contributed by atoms with Crippen LogP contribution in [0.3, 0.4) is 0 Å². The molecule has 0 radical (unpaired) electrons. The van der Waals surface area contributed by atoms with Crippen LogP contribution in [0.4, 0.5) is 0 Å². The summed E-state index contributed by atoms with van der Waals surface area (Å²) in [4.78, 5) is 15.0. The molecule has 4 nitrogen and oxygen atoms in total. The third-order valence-corrected chi connectivity index (χ3v) is 5.91. The third-order valence-electron chi connectivity index (χ3n) is 5.38. The predicted octanol–water partition coefficient (Wildman–Crippen LogP) is 3.62. The number of amides is 1. The molecule has 1 aromatic rings. The van der Waals surface area contributed by atoms with Crippen LogP contribution in [-0.2, 0) is 4.74 Å². The van der Waals surface area contributed by atoms with Gasteiger partial charge >= 0.3 is 0 Å². The van der Waals surface area contributed by atoms with Crippen LogP contribution in [0.15, 0.2) is 40.9 Å². The number of methoxy groups -OCH3 is 1. The quantitative estimate of drug-likeness (QED) is 0.599. The Labute approximate surface area is 158 Å². The van der Waals surface area contributed by atoms with E-state index in [9.17, 15) is 4.79 Å². The standard InChI is InChI=1S/C20H27BrN2O2/c1-25-18-7-3-2-6-16(19(18)23-12-4-5-13-23)14-22-20(24)15-8-10-17(21)11-9-15/h4-5,8-11,16,18-19H,2-3,6-7,12-14H2,1H3,(H,22,24). The molecule has 1 amide bonds. The zero-order chi connectivity index (χ0) is 17.6. The Balaban J connectivity index is 1.66. The van der Waals surface area contributed by atoms with Crippen LogP contribution < -0.4 is 5.32 Å². The van der Waals surface area contributed by atoms with Crippen LogP contribution in [0.25, 0.3) is 0 Å². The van der Waals surface area contributed by atoms with Crippen molar-refractivity contribution < 1.29 is 9.53 Å². The Morgan fingerprint density at radius 2 is 1.88 bits per heavy atom. The SMILES string of the molecule is COC1CCCCC(CNC(=O)c2ccc(Br)cc2)C1N1CC=CC1. The van der Waals surface area contributed by atoms with Crippen LogP contribution in [0.1, 0.15) is 36.0 Å². The molecule has 136 valence electrons. The molecule has 0 aromatic heterocycles. The summed E-state index contributed by atoms with van der Waals surface area (Å²) in [5.41, 5.74) is 0.708. The number of carbonyl (C=O) groups is 1. The van der Waals surface area contributed by atoms with Crippen LogP contribution in [0.5, 0.6) is 0 Å². The minimum atomic E-state index is 0.00371. The van der Waals surface area contributed by atoms with Gasteiger partial charge in [0.25, 0.3) is 5.91 Å². The van der Waals surface area contributed by atoms with Gasteiger partial charge in [-0.25, -0.2) is 0 Å². The Bertz CT molecular complexity index is 594. The lowest BCUT2D eigenvalue weighted by Crippen LogP contribution is -2.50. The fraction of sp³-hybridized carbons (Fsp3) is 0.550. The number of benzene rings is 1. The highest BCUT2D eigenvalue weighted by Gasteiger charge is 2.36. The summed E-state index contributed by atoms with van der Waals surface area (Å²) >= 11 is 3.41. The minimum absolute atomic E-state index is 0.00371. The van der Waals surface area contributed by atoms with Gasteiger partial charge in [0.15, 0.2) is 0 Å². The maximum Gasteiger partial charge on any atom is 0.251 e. The number of rotatable bonds is 5. The second kappa shape index (κ2) is 8.97. The van der Waals surface area contributed by atoms with E-state index in [1.807, 2.05) is 31.4 Å². The van der Waals surface area contributed by atoms with Gasteiger partial charge in [-0.3, -0.25) is 9.69 Å². The van der Waals surface area contributed by atoms with Crippen molar-refractivity contribution in [3.05, 3.63) is 46.5 Å². The number of halogens is 1. The molecule has 3 rings (SSSR count). The fourth-order valence-corrected chi connectivity index (χ4v) is 4.34. The summed E-state index contributed by atoms with van der Waals surface area (Å²) < 4.78 is 6.83. The first-order chi connectivity index (χ1) is 12.2. The molecule has 0 bridgehead atoms. The normalized spacial score (nSPS) is 27.2. The van der Waals surface area contributed by atoms with E-state index in [-0.39, 0.29) is 12.0 Å². The molecule has 5 heteroatoms. The van der Waals surface area contributed by atoms with Gasteiger partial charge in [0.05, 0.1) is 6.10 Å². The third kappa shape index (κ3) is 4.72. The Kier molecular flexibility index (Phi) is 6.68. The molecule has 3 unspecified atom stereocenters. The van der Waals surface area contributed by atoms with E-state index >= 15 is 0 Å². The van der Waals surface area contributed by atoms with Crippen molar-refractivity contribution >= 4 is 21.8 Å². The predicted molar refractivity (Wildman–Crippen MR) is 104 cm³/mol. The van der Waals surface area contributed by atoms with Crippen LogP contribution >= 0.6 is 15.9 Å². The van der Waals surface area contributed by atoms with E-state index in [0.717, 1.165) is 30.4 Å². The first kappa shape index (κ1) is 18.6. The van der Waals surface area contributed by atoms with Crippen molar-refractivity contribution in [3.63, 3.8) is 0 Å². The van der Waals surface area contributed by atoms with Crippen molar-refractivity contribution in [3.8, 4) is 0 Å². The van der Waals surface area contributed by atoms with Gasteiger partial charge in [-0.1, -0.05) is 40.9 Å². The molecule has 0 spiro atoms. The topological polar surface area (TPSA) is 41.6 Å². The van der Waals surface area contributed by atoms with Crippen LogP contribution in [0, 0.1) is 5.92 Å². The highest BCUT2D eigenvalue weighted by atomic mass is 79.9. The molecule has 1 saturated carbocycles. The molecule has 1 aliphatic heterocycles. The van der Waals surface area contributed by atoms with Crippen molar-refractivity contribution in [2.45, 2.75) is 37.8 Å². The van der Waals surface area contributed by atoms with E-state index in [2.05, 4.69) is 38.3 Å². The summed E-state index contributed by atoms with van der Waals surface area (Å²) in [6.07, 6.45) is 9.36. The maximum atomic E-state index is 12.5. The monoisotopic (exact) mass is 406 g/mol. The van der Waals surface area contributed by atoms with Gasteiger partial charge in [-0.05, 0) is 43.0 Å².